The van der Waals surface area contributed by atoms with Crippen LogP contribution in [-0.4, -0.2) is 48.1 Å². The maximum Gasteiger partial charge on any atom is 0.222 e. The second-order valence-electron chi connectivity index (χ2n) is 6.87. The van der Waals surface area contributed by atoms with E-state index in [1.807, 2.05) is 0 Å². The van der Waals surface area contributed by atoms with E-state index >= 15 is 0 Å². The maximum absolute atomic E-state index is 5.98. The van der Waals surface area contributed by atoms with E-state index < -0.39 is 0 Å². The molecule has 1 aromatic heterocycles. The quantitative estimate of drug-likeness (QED) is 0.895. The van der Waals surface area contributed by atoms with Crippen LogP contribution in [0.25, 0.3) is 0 Å². The molecule has 0 spiro atoms. The number of nitrogens with two attached hydrogens (primary N) is 1. The third-order valence-electron chi connectivity index (χ3n) is 5.05. The van der Waals surface area contributed by atoms with Gasteiger partial charge in [-0.2, -0.15) is 4.98 Å². The van der Waals surface area contributed by atoms with Crippen LogP contribution in [-0.2, 0) is 12.8 Å². The summed E-state index contributed by atoms with van der Waals surface area (Å²) in [6.45, 7) is 8.86. The molecule has 1 saturated heterocycles. The normalized spacial score (nSPS) is 23.4. The standard InChI is InChI=1S/C16H27N5/c1-11(2)12-4-5-13-14(10-12)18-16(17)19-15(13)21-8-6-20(3)7-9-21/h11-12H,4-10H2,1-3H3,(H2,17,18,19). The molecule has 1 unspecified atom stereocenters. The summed E-state index contributed by atoms with van der Waals surface area (Å²) in [7, 11) is 2.17. The zero-order chi connectivity index (χ0) is 15.0. The molecule has 0 radical (unpaired) electrons. The van der Waals surface area contributed by atoms with Crippen LogP contribution < -0.4 is 10.6 Å². The first kappa shape index (κ1) is 14.6. The van der Waals surface area contributed by atoms with Gasteiger partial charge in [0.1, 0.15) is 5.82 Å². The Balaban J connectivity index is 1.89. The summed E-state index contributed by atoms with van der Waals surface area (Å²) < 4.78 is 0. The lowest BCUT2D eigenvalue weighted by atomic mass is 9.80. The van der Waals surface area contributed by atoms with Gasteiger partial charge in [-0.1, -0.05) is 13.8 Å². The van der Waals surface area contributed by atoms with Gasteiger partial charge >= 0.3 is 0 Å². The van der Waals surface area contributed by atoms with E-state index in [2.05, 4.69) is 40.7 Å². The molecule has 3 rings (SSSR count). The van der Waals surface area contributed by atoms with E-state index in [0.29, 0.717) is 11.9 Å². The highest BCUT2D eigenvalue weighted by Gasteiger charge is 2.28. The van der Waals surface area contributed by atoms with Crippen LogP contribution in [0.3, 0.4) is 0 Å². The molecule has 1 aliphatic heterocycles. The van der Waals surface area contributed by atoms with Crippen LogP contribution >= 0.6 is 0 Å². The van der Waals surface area contributed by atoms with E-state index in [1.165, 1.54) is 17.7 Å². The fourth-order valence-corrected chi connectivity index (χ4v) is 3.49. The van der Waals surface area contributed by atoms with E-state index in [0.717, 1.165) is 50.8 Å². The molecular weight excluding hydrogens is 262 g/mol. The van der Waals surface area contributed by atoms with Crippen molar-refractivity contribution in [2.24, 2.45) is 11.8 Å². The van der Waals surface area contributed by atoms with Crippen molar-refractivity contribution in [2.75, 3.05) is 43.9 Å². The fourth-order valence-electron chi connectivity index (χ4n) is 3.49. The van der Waals surface area contributed by atoms with E-state index in [4.69, 9.17) is 5.73 Å². The molecule has 21 heavy (non-hydrogen) atoms. The van der Waals surface area contributed by atoms with Crippen molar-refractivity contribution in [3.63, 3.8) is 0 Å². The molecule has 0 bridgehead atoms. The minimum Gasteiger partial charge on any atom is -0.368 e. The summed E-state index contributed by atoms with van der Waals surface area (Å²) in [4.78, 5) is 13.9. The zero-order valence-corrected chi connectivity index (χ0v) is 13.5. The lowest BCUT2D eigenvalue weighted by Crippen LogP contribution is -2.45. The molecule has 5 nitrogen and oxygen atoms in total. The Morgan fingerprint density at radius 3 is 2.52 bits per heavy atom. The highest BCUT2D eigenvalue weighted by molar-refractivity contribution is 5.53. The van der Waals surface area contributed by atoms with Gasteiger partial charge in [-0.15, -0.1) is 0 Å². The SMILES string of the molecule is CC(C)C1CCc2c(nc(N)nc2N2CCN(C)CC2)C1. The number of nitrogen functional groups attached to an aromatic ring is 1. The molecular formula is C16H27N5. The van der Waals surface area contributed by atoms with Crippen molar-refractivity contribution >= 4 is 11.8 Å². The van der Waals surface area contributed by atoms with Gasteiger partial charge in [-0.3, -0.25) is 0 Å². The predicted molar refractivity (Wildman–Crippen MR) is 86.5 cm³/mol. The number of hydrogen-bond donors (Lipinski definition) is 1. The Kier molecular flexibility index (Phi) is 4.02. The fraction of sp³-hybridized carbons (Fsp3) is 0.750. The number of rotatable bonds is 2. The number of nitrogens with zero attached hydrogens (tertiary/aromatic N) is 4. The summed E-state index contributed by atoms with van der Waals surface area (Å²) in [5.41, 5.74) is 8.53. The van der Waals surface area contributed by atoms with Crippen LogP contribution in [0.15, 0.2) is 0 Å². The molecule has 0 aromatic carbocycles. The summed E-state index contributed by atoms with van der Waals surface area (Å²) in [6.07, 6.45) is 3.40. The molecule has 2 N–H and O–H groups in total. The van der Waals surface area contributed by atoms with Crippen molar-refractivity contribution in [1.29, 1.82) is 0 Å². The van der Waals surface area contributed by atoms with Crippen LogP contribution in [0.5, 0.6) is 0 Å². The number of aromatic nitrogens is 2. The van der Waals surface area contributed by atoms with Gasteiger partial charge in [0.25, 0.3) is 0 Å². The average Bonchev–Trinajstić information content (AvgIpc) is 2.46. The molecule has 5 heteroatoms. The molecule has 2 aliphatic rings. The van der Waals surface area contributed by atoms with Crippen LogP contribution in [0.2, 0.25) is 0 Å². The van der Waals surface area contributed by atoms with Crippen LogP contribution in [0.4, 0.5) is 11.8 Å². The lowest BCUT2D eigenvalue weighted by molar-refractivity contribution is 0.310. The van der Waals surface area contributed by atoms with Crippen molar-refractivity contribution in [3.05, 3.63) is 11.3 Å². The Bertz CT molecular complexity index is 506. The molecule has 1 atom stereocenters. The van der Waals surface area contributed by atoms with Gasteiger partial charge in [-0.25, -0.2) is 4.98 Å². The van der Waals surface area contributed by atoms with Crippen molar-refractivity contribution in [2.45, 2.75) is 33.1 Å². The van der Waals surface area contributed by atoms with Gasteiger partial charge in [-0.05, 0) is 38.1 Å². The lowest BCUT2D eigenvalue weighted by Gasteiger charge is -2.36. The second-order valence-corrected chi connectivity index (χ2v) is 6.87. The van der Waals surface area contributed by atoms with Gasteiger partial charge < -0.3 is 15.5 Å². The van der Waals surface area contributed by atoms with Crippen LogP contribution in [0.1, 0.15) is 31.5 Å². The topological polar surface area (TPSA) is 58.3 Å². The number of fused-ring (bicyclic) bond motifs is 1. The molecule has 116 valence electrons. The third-order valence-corrected chi connectivity index (χ3v) is 5.05. The van der Waals surface area contributed by atoms with Gasteiger partial charge in [0.15, 0.2) is 0 Å². The minimum absolute atomic E-state index is 0.437. The monoisotopic (exact) mass is 289 g/mol. The molecule has 0 amide bonds. The number of piperazine rings is 1. The minimum atomic E-state index is 0.437. The maximum atomic E-state index is 5.98. The van der Waals surface area contributed by atoms with Crippen molar-refractivity contribution in [3.8, 4) is 0 Å². The molecule has 2 heterocycles. The van der Waals surface area contributed by atoms with Gasteiger partial charge in [0, 0.05) is 31.7 Å². The first-order chi connectivity index (χ1) is 10.0. The van der Waals surface area contributed by atoms with E-state index in [1.54, 1.807) is 0 Å². The number of anilines is 2. The highest BCUT2D eigenvalue weighted by Crippen LogP contribution is 2.34. The number of likely N-dealkylation sites (N-methyl/N-ethyl adjacent to an activating group) is 1. The third kappa shape index (κ3) is 2.98. The molecule has 0 saturated carbocycles. The van der Waals surface area contributed by atoms with E-state index in [-0.39, 0.29) is 0 Å². The summed E-state index contributed by atoms with van der Waals surface area (Å²) in [6, 6.07) is 0. The molecule has 1 fully saturated rings. The Morgan fingerprint density at radius 2 is 1.86 bits per heavy atom. The zero-order valence-electron chi connectivity index (χ0n) is 13.5. The molecule has 1 aromatic rings. The first-order valence-corrected chi connectivity index (χ1v) is 8.13. The second kappa shape index (κ2) is 5.79. The molecule has 1 aliphatic carbocycles. The van der Waals surface area contributed by atoms with Gasteiger partial charge in [0.2, 0.25) is 5.95 Å². The first-order valence-electron chi connectivity index (χ1n) is 8.13. The Hall–Kier alpha value is -1.36. The van der Waals surface area contributed by atoms with Gasteiger partial charge in [0.05, 0.1) is 5.69 Å². The Morgan fingerprint density at radius 1 is 1.14 bits per heavy atom. The summed E-state index contributed by atoms with van der Waals surface area (Å²) >= 11 is 0. The van der Waals surface area contributed by atoms with Crippen molar-refractivity contribution < 1.29 is 0 Å². The number of hydrogen-bond acceptors (Lipinski definition) is 5. The largest absolute Gasteiger partial charge is 0.368 e. The summed E-state index contributed by atoms with van der Waals surface area (Å²) in [5.74, 6) is 2.98. The average molecular weight is 289 g/mol. The summed E-state index contributed by atoms with van der Waals surface area (Å²) in [5, 5.41) is 0. The predicted octanol–water partition coefficient (Wildman–Crippen LogP) is 1.57. The smallest absolute Gasteiger partial charge is 0.222 e. The highest BCUT2D eigenvalue weighted by atomic mass is 15.3. The van der Waals surface area contributed by atoms with Crippen LogP contribution in [0, 0.1) is 11.8 Å². The van der Waals surface area contributed by atoms with E-state index in [9.17, 15) is 0 Å². The van der Waals surface area contributed by atoms with Crippen molar-refractivity contribution in [1.82, 2.24) is 14.9 Å². The Labute approximate surface area is 127 Å².